The van der Waals surface area contributed by atoms with E-state index in [-0.39, 0.29) is 0 Å². The summed E-state index contributed by atoms with van der Waals surface area (Å²) in [4.78, 5) is 12.5. The molecule has 0 N–H and O–H groups in total. The van der Waals surface area contributed by atoms with Crippen molar-refractivity contribution in [2.75, 3.05) is 0 Å². The molecule has 0 saturated heterocycles. The molecule has 96 valence electrons. The van der Waals surface area contributed by atoms with Gasteiger partial charge in [-0.15, -0.1) is 0 Å². The summed E-state index contributed by atoms with van der Waals surface area (Å²) in [6.07, 6.45) is 8.47. The van der Waals surface area contributed by atoms with E-state index in [1.165, 1.54) is 43.2 Å². The topological polar surface area (TPSA) is 17.1 Å². The zero-order valence-corrected chi connectivity index (χ0v) is 11.2. The van der Waals surface area contributed by atoms with Crippen molar-refractivity contribution in [3.8, 4) is 0 Å². The highest BCUT2D eigenvalue weighted by atomic mass is 16.1. The molecule has 1 aromatic carbocycles. The summed E-state index contributed by atoms with van der Waals surface area (Å²) in [5.41, 5.74) is 3.49. The second-order valence-corrected chi connectivity index (χ2v) is 6.17. The van der Waals surface area contributed by atoms with Crippen LogP contribution in [0.15, 0.2) is 18.2 Å². The zero-order valence-electron chi connectivity index (χ0n) is 11.2. The lowest BCUT2D eigenvalue weighted by molar-refractivity contribution is 0.0949. The number of rotatable bonds is 2. The lowest BCUT2D eigenvalue weighted by atomic mass is 9.82. The number of carbonyl (C=O) groups excluding carboxylic acids is 1. The summed E-state index contributed by atoms with van der Waals surface area (Å²) in [6, 6.07) is 6.31. The third-order valence-corrected chi connectivity index (χ3v) is 4.53. The molecule has 0 radical (unpaired) electrons. The molecular formula is C17H22O. The second-order valence-electron chi connectivity index (χ2n) is 6.17. The number of Topliss-reactive ketones (excluding diaryl/α,β-unsaturated/α-hetero) is 1. The van der Waals surface area contributed by atoms with Crippen LogP contribution in [0, 0.1) is 18.8 Å². The molecule has 1 heteroatoms. The van der Waals surface area contributed by atoms with Crippen LogP contribution in [0.25, 0.3) is 0 Å². The first-order valence-electron chi connectivity index (χ1n) is 7.35. The Balaban J connectivity index is 1.82. The maximum absolute atomic E-state index is 12.5. The lowest BCUT2D eigenvalue weighted by Gasteiger charge is -2.21. The SMILES string of the molecule is Cc1cccc2c1C(=O)CC(CC1CC1)CCC2. The van der Waals surface area contributed by atoms with Gasteiger partial charge in [-0.2, -0.15) is 0 Å². The smallest absolute Gasteiger partial charge is 0.163 e. The number of hydrogen-bond acceptors (Lipinski definition) is 1. The molecule has 1 saturated carbocycles. The Kier molecular flexibility index (Phi) is 3.23. The van der Waals surface area contributed by atoms with Crippen LogP contribution >= 0.6 is 0 Å². The standard InChI is InChI=1S/C17H22O/c1-12-4-2-6-15-7-3-5-14(10-13-8-9-13)11-16(18)17(12)15/h2,4,6,13-14H,3,5,7-11H2,1H3. The molecule has 1 fully saturated rings. The summed E-state index contributed by atoms with van der Waals surface area (Å²) in [6.45, 7) is 2.08. The largest absolute Gasteiger partial charge is 0.294 e. The monoisotopic (exact) mass is 242 g/mol. The van der Waals surface area contributed by atoms with E-state index >= 15 is 0 Å². The van der Waals surface area contributed by atoms with E-state index in [0.717, 1.165) is 24.3 Å². The molecule has 0 bridgehead atoms. The molecule has 2 aliphatic rings. The van der Waals surface area contributed by atoms with Crippen molar-refractivity contribution in [2.24, 2.45) is 11.8 Å². The van der Waals surface area contributed by atoms with Crippen molar-refractivity contribution in [3.05, 3.63) is 34.9 Å². The summed E-state index contributed by atoms with van der Waals surface area (Å²) >= 11 is 0. The molecule has 18 heavy (non-hydrogen) atoms. The van der Waals surface area contributed by atoms with Crippen molar-refractivity contribution in [1.29, 1.82) is 0 Å². The fourth-order valence-electron chi connectivity index (χ4n) is 3.41. The van der Waals surface area contributed by atoms with Crippen molar-refractivity contribution in [1.82, 2.24) is 0 Å². The number of aryl methyl sites for hydroxylation is 2. The van der Waals surface area contributed by atoms with Crippen LogP contribution in [0.4, 0.5) is 0 Å². The van der Waals surface area contributed by atoms with Crippen molar-refractivity contribution in [2.45, 2.75) is 51.9 Å². The van der Waals surface area contributed by atoms with Gasteiger partial charge in [0, 0.05) is 12.0 Å². The van der Waals surface area contributed by atoms with E-state index in [9.17, 15) is 4.79 Å². The molecule has 1 unspecified atom stereocenters. The van der Waals surface area contributed by atoms with E-state index in [2.05, 4.69) is 25.1 Å². The van der Waals surface area contributed by atoms with Crippen LogP contribution in [0.2, 0.25) is 0 Å². The molecule has 0 amide bonds. The average molecular weight is 242 g/mol. The van der Waals surface area contributed by atoms with E-state index in [0.29, 0.717) is 11.7 Å². The molecule has 1 nitrogen and oxygen atoms in total. The lowest BCUT2D eigenvalue weighted by Crippen LogP contribution is -2.16. The number of hydrogen-bond donors (Lipinski definition) is 0. The molecule has 1 atom stereocenters. The summed E-state index contributed by atoms with van der Waals surface area (Å²) in [5, 5.41) is 0. The Morgan fingerprint density at radius 1 is 1.17 bits per heavy atom. The second kappa shape index (κ2) is 4.87. The molecule has 3 rings (SSSR count). The minimum absolute atomic E-state index is 0.397. The molecule has 0 aromatic heterocycles. The Labute approximate surface area is 110 Å². The molecular weight excluding hydrogens is 220 g/mol. The average Bonchev–Trinajstić information content (AvgIpc) is 3.10. The van der Waals surface area contributed by atoms with E-state index < -0.39 is 0 Å². The van der Waals surface area contributed by atoms with Crippen molar-refractivity contribution in [3.63, 3.8) is 0 Å². The maximum atomic E-state index is 12.5. The quantitative estimate of drug-likeness (QED) is 0.754. The van der Waals surface area contributed by atoms with Gasteiger partial charge in [-0.1, -0.05) is 31.0 Å². The number of benzene rings is 1. The Morgan fingerprint density at radius 2 is 2.00 bits per heavy atom. The van der Waals surface area contributed by atoms with Gasteiger partial charge in [0.2, 0.25) is 0 Å². The molecule has 0 spiro atoms. The van der Waals surface area contributed by atoms with Gasteiger partial charge in [-0.05, 0) is 55.6 Å². The van der Waals surface area contributed by atoms with E-state index in [1.54, 1.807) is 0 Å². The van der Waals surface area contributed by atoms with Gasteiger partial charge in [-0.3, -0.25) is 4.79 Å². The Hall–Kier alpha value is -1.11. The van der Waals surface area contributed by atoms with Crippen LogP contribution in [0.5, 0.6) is 0 Å². The predicted molar refractivity (Wildman–Crippen MR) is 73.9 cm³/mol. The van der Waals surface area contributed by atoms with Crippen LogP contribution in [-0.4, -0.2) is 5.78 Å². The van der Waals surface area contributed by atoms with Crippen molar-refractivity contribution < 1.29 is 4.79 Å². The predicted octanol–water partition coefficient (Wildman–Crippen LogP) is 4.32. The van der Waals surface area contributed by atoms with E-state index in [4.69, 9.17) is 0 Å². The highest BCUT2D eigenvalue weighted by Crippen LogP contribution is 2.39. The van der Waals surface area contributed by atoms with Gasteiger partial charge in [-0.25, -0.2) is 0 Å². The number of carbonyl (C=O) groups is 1. The fraction of sp³-hybridized carbons (Fsp3) is 0.588. The first-order valence-corrected chi connectivity index (χ1v) is 7.35. The highest BCUT2D eigenvalue weighted by molar-refractivity contribution is 5.99. The van der Waals surface area contributed by atoms with Crippen LogP contribution in [0.1, 0.15) is 60.0 Å². The first-order chi connectivity index (χ1) is 8.74. The molecule has 0 heterocycles. The van der Waals surface area contributed by atoms with E-state index in [1.807, 2.05) is 0 Å². The number of ketones is 1. The fourth-order valence-corrected chi connectivity index (χ4v) is 3.41. The third-order valence-electron chi connectivity index (χ3n) is 4.53. The minimum Gasteiger partial charge on any atom is -0.294 e. The van der Waals surface area contributed by atoms with Crippen LogP contribution in [-0.2, 0) is 6.42 Å². The normalized spacial score (nSPS) is 24.3. The summed E-state index contributed by atoms with van der Waals surface area (Å²) in [7, 11) is 0. The maximum Gasteiger partial charge on any atom is 0.163 e. The van der Waals surface area contributed by atoms with Crippen LogP contribution in [0.3, 0.4) is 0 Å². The highest BCUT2D eigenvalue weighted by Gasteiger charge is 2.28. The van der Waals surface area contributed by atoms with Gasteiger partial charge >= 0.3 is 0 Å². The number of fused-ring (bicyclic) bond motifs is 1. The van der Waals surface area contributed by atoms with Gasteiger partial charge < -0.3 is 0 Å². The van der Waals surface area contributed by atoms with Gasteiger partial charge in [0.05, 0.1) is 0 Å². The van der Waals surface area contributed by atoms with Crippen LogP contribution < -0.4 is 0 Å². The van der Waals surface area contributed by atoms with Crippen molar-refractivity contribution >= 4 is 5.78 Å². The molecule has 0 aliphatic heterocycles. The summed E-state index contributed by atoms with van der Waals surface area (Å²) in [5.74, 6) is 1.99. The zero-order chi connectivity index (χ0) is 12.5. The van der Waals surface area contributed by atoms with Gasteiger partial charge in [0.15, 0.2) is 5.78 Å². The third kappa shape index (κ3) is 2.50. The summed E-state index contributed by atoms with van der Waals surface area (Å²) < 4.78 is 0. The van der Waals surface area contributed by atoms with Gasteiger partial charge in [0.25, 0.3) is 0 Å². The first kappa shape index (κ1) is 12.0. The molecule has 1 aromatic rings. The Morgan fingerprint density at radius 3 is 2.78 bits per heavy atom. The molecule has 2 aliphatic carbocycles. The minimum atomic E-state index is 0.397. The Bertz CT molecular complexity index is 457. The van der Waals surface area contributed by atoms with Gasteiger partial charge in [0.1, 0.15) is 0 Å².